The third-order valence-corrected chi connectivity index (χ3v) is 11.1. The number of Topliss-reactive ketones (excluding diaryl/α,β-unsaturated/α-hetero) is 1. The monoisotopic (exact) mass is 499 g/mol. The van der Waals surface area contributed by atoms with Gasteiger partial charge in [0.2, 0.25) is 0 Å². The topological polar surface area (TPSA) is 95.7 Å². The van der Waals surface area contributed by atoms with E-state index < -0.39 is 5.09 Å². The molecule has 6 atom stereocenters. The van der Waals surface area contributed by atoms with E-state index in [1.807, 2.05) is 0 Å². The Morgan fingerprint density at radius 1 is 1.06 bits per heavy atom. The second-order valence-electron chi connectivity index (χ2n) is 12.7. The van der Waals surface area contributed by atoms with Gasteiger partial charge in [-0.1, -0.05) is 19.9 Å². The van der Waals surface area contributed by atoms with Gasteiger partial charge in [-0.2, -0.15) is 0 Å². The van der Waals surface area contributed by atoms with Crippen LogP contribution in [0.15, 0.2) is 23.5 Å². The molecule has 3 saturated carbocycles. The van der Waals surface area contributed by atoms with Gasteiger partial charge in [0.15, 0.2) is 0 Å². The number of esters is 1. The van der Waals surface area contributed by atoms with Gasteiger partial charge in [0.1, 0.15) is 11.5 Å². The fourth-order valence-electron chi connectivity index (χ4n) is 8.99. The number of ether oxygens (including phenoxy) is 1. The molecule has 5 rings (SSSR count). The predicted octanol–water partition coefficient (Wildman–Crippen LogP) is 6.21. The maximum absolute atomic E-state index is 12.9. The molecule has 0 spiro atoms. The predicted molar refractivity (Wildman–Crippen MR) is 134 cm³/mol. The van der Waals surface area contributed by atoms with Crippen LogP contribution in [0, 0.1) is 56.5 Å². The summed E-state index contributed by atoms with van der Waals surface area (Å²) < 4.78 is 5.92. The van der Waals surface area contributed by atoms with E-state index in [9.17, 15) is 19.7 Å². The van der Waals surface area contributed by atoms with Crippen molar-refractivity contribution < 1.29 is 24.3 Å². The van der Waals surface area contributed by atoms with E-state index in [-0.39, 0.29) is 41.2 Å². The summed E-state index contributed by atoms with van der Waals surface area (Å²) in [5.41, 5.74) is 1.61. The maximum Gasteiger partial charge on any atom is 0.314 e. The smallest absolute Gasteiger partial charge is 0.314 e. The van der Waals surface area contributed by atoms with Gasteiger partial charge >= 0.3 is 5.97 Å². The van der Waals surface area contributed by atoms with E-state index in [0.717, 1.165) is 50.7 Å². The van der Waals surface area contributed by atoms with Crippen LogP contribution in [-0.4, -0.2) is 23.4 Å². The van der Waals surface area contributed by atoms with Crippen LogP contribution in [0.25, 0.3) is 0 Å². The molecule has 0 aromatic carbocycles. The highest BCUT2D eigenvalue weighted by Gasteiger charge is 2.59. The summed E-state index contributed by atoms with van der Waals surface area (Å²) in [5, 5.41) is 9.68. The van der Waals surface area contributed by atoms with Crippen LogP contribution < -0.4 is 0 Å². The van der Waals surface area contributed by atoms with Crippen molar-refractivity contribution in [2.24, 2.45) is 46.3 Å². The number of ketones is 1. The highest BCUT2D eigenvalue weighted by molar-refractivity contribution is 5.79. The first-order valence-corrected chi connectivity index (χ1v) is 14.0. The number of rotatable bonds is 6. The number of fused-ring (bicyclic) bond motifs is 5. The van der Waals surface area contributed by atoms with E-state index in [0.29, 0.717) is 36.4 Å². The van der Waals surface area contributed by atoms with Crippen LogP contribution in [0.1, 0.15) is 91.4 Å². The summed E-state index contributed by atoms with van der Waals surface area (Å²) >= 11 is 0. The molecular weight excluding hydrogens is 458 g/mol. The molecule has 0 saturated heterocycles. The average molecular weight is 500 g/mol. The van der Waals surface area contributed by atoms with Crippen molar-refractivity contribution in [1.82, 2.24) is 0 Å². The zero-order chi connectivity index (χ0) is 25.7. The first-order chi connectivity index (χ1) is 17.1. The fraction of sp³-hybridized carbons (Fsp3) is 0.793. The zero-order valence-corrected chi connectivity index (χ0v) is 22.0. The van der Waals surface area contributed by atoms with Gasteiger partial charge in [-0.15, -0.1) is 10.1 Å². The van der Waals surface area contributed by atoms with Gasteiger partial charge in [0.25, 0.3) is 5.09 Å². The number of carbonyl (C=O) groups is 2. The zero-order valence-electron chi connectivity index (χ0n) is 22.0. The molecule has 0 aromatic heterocycles. The van der Waals surface area contributed by atoms with Gasteiger partial charge in [-0.05, 0) is 117 Å². The molecule has 0 heterocycles. The summed E-state index contributed by atoms with van der Waals surface area (Å²) in [7, 11) is 0. The molecule has 198 valence electrons. The molecule has 0 aromatic rings. The van der Waals surface area contributed by atoms with Crippen molar-refractivity contribution in [3.63, 3.8) is 0 Å². The molecular formula is C29H41NO6. The van der Waals surface area contributed by atoms with Crippen LogP contribution in [0.3, 0.4) is 0 Å². The van der Waals surface area contributed by atoms with Crippen LogP contribution in [-0.2, 0) is 19.2 Å². The van der Waals surface area contributed by atoms with Gasteiger partial charge in [0, 0.05) is 12.3 Å². The molecule has 0 aliphatic heterocycles. The van der Waals surface area contributed by atoms with Crippen molar-refractivity contribution in [3.8, 4) is 0 Å². The lowest BCUT2D eigenvalue weighted by molar-refractivity contribution is -0.759. The van der Waals surface area contributed by atoms with E-state index in [2.05, 4.69) is 30.8 Å². The summed E-state index contributed by atoms with van der Waals surface area (Å²) in [6, 6.07) is 0. The minimum Gasteiger partial charge on any atom is -0.431 e. The molecule has 5 aliphatic rings. The van der Waals surface area contributed by atoms with Crippen LogP contribution >= 0.6 is 0 Å². The average Bonchev–Trinajstić information content (AvgIpc) is 3.21. The van der Waals surface area contributed by atoms with Crippen LogP contribution in [0.2, 0.25) is 0 Å². The van der Waals surface area contributed by atoms with Gasteiger partial charge < -0.3 is 9.57 Å². The molecule has 36 heavy (non-hydrogen) atoms. The largest absolute Gasteiger partial charge is 0.431 e. The van der Waals surface area contributed by atoms with Gasteiger partial charge in [0.05, 0.1) is 12.5 Å². The Balaban J connectivity index is 1.23. The first-order valence-electron chi connectivity index (χ1n) is 14.0. The molecule has 3 fully saturated rings. The van der Waals surface area contributed by atoms with E-state index in [4.69, 9.17) is 4.74 Å². The quantitative estimate of drug-likeness (QED) is 0.245. The summed E-state index contributed by atoms with van der Waals surface area (Å²) in [6.07, 6.45) is 14.9. The third-order valence-electron chi connectivity index (χ3n) is 11.1. The second kappa shape index (κ2) is 9.60. The summed E-state index contributed by atoms with van der Waals surface area (Å²) in [6.45, 7) is 6.70. The molecule has 0 bridgehead atoms. The normalized spacial score (nSPS) is 41.6. The molecule has 0 N–H and O–H groups in total. The van der Waals surface area contributed by atoms with E-state index in [1.165, 1.54) is 18.4 Å². The SMILES string of the molecule is CC(=O)C1CCC2C3CC=C4C=C(OC(=O)C5CCC(CO[N+](=O)[O-])CC5)CCC4(C)C3CCC12C. The Hall–Kier alpha value is -2.18. The van der Waals surface area contributed by atoms with Crippen molar-refractivity contribution in [2.45, 2.75) is 91.4 Å². The highest BCUT2D eigenvalue weighted by atomic mass is 16.9. The number of nitrogens with zero attached hydrogens (tertiary/aromatic N) is 1. The number of hydrogen-bond acceptors (Lipinski definition) is 6. The van der Waals surface area contributed by atoms with E-state index in [1.54, 1.807) is 6.92 Å². The Bertz CT molecular complexity index is 978. The Morgan fingerprint density at radius 2 is 1.81 bits per heavy atom. The summed E-state index contributed by atoms with van der Waals surface area (Å²) in [5.74, 6) is 3.16. The van der Waals surface area contributed by atoms with Crippen molar-refractivity contribution in [1.29, 1.82) is 0 Å². The standard InChI is InChI=1S/C29H41NO6/c1-18(31)24-10-11-25-23-9-8-21-16-22(12-14-28(21,2)26(23)13-15-29(24,25)3)36-27(32)20-6-4-19(5-7-20)17-35-30(33)34/h8,16,19-20,23-26H,4-7,9-15,17H2,1-3H3. The molecule has 6 unspecified atom stereocenters. The van der Waals surface area contributed by atoms with Crippen molar-refractivity contribution in [2.75, 3.05) is 6.61 Å². The Labute approximate surface area is 214 Å². The number of carbonyl (C=O) groups excluding carboxylic acids is 2. The molecule has 7 heteroatoms. The van der Waals surface area contributed by atoms with Gasteiger partial charge in [-0.25, -0.2) is 0 Å². The minimum absolute atomic E-state index is 0.115. The van der Waals surface area contributed by atoms with E-state index >= 15 is 0 Å². The maximum atomic E-state index is 12.9. The lowest BCUT2D eigenvalue weighted by Gasteiger charge is -2.56. The van der Waals surface area contributed by atoms with Crippen molar-refractivity contribution >= 4 is 11.8 Å². The van der Waals surface area contributed by atoms with Gasteiger partial charge in [-0.3, -0.25) is 9.59 Å². The Morgan fingerprint density at radius 3 is 2.50 bits per heavy atom. The highest BCUT2D eigenvalue weighted by Crippen LogP contribution is 2.66. The first kappa shape index (κ1) is 25.5. The lowest BCUT2D eigenvalue weighted by atomic mass is 9.48. The van der Waals surface area contributed by atoms with Crippen molar-refractivity contribution in [3.05, 3.63) is 33.6 Å². The van der Waals surface area contributed by atoms with Crippen LogP contribution in [0.5, 0.6) is 0 Å². The lowest BCUT2D eigenvalue weighted by Crippen LogP contribution is -2.49. The molecule has 0 amide bonds. The number of hydrogen-bond donors (Lipinski definition) is 0. The fourth-order valence-corrected chi connectivity index (χ4v) is 8.99. The molecule has 0 radical (unpaired) electrons. The third kappa shape index (κ3) is 4.41. The molecule has 5 aliphatic carbocycles. The second-order valence-corrected chi connectivity index (χ2v) is 12.7. The number of allylic oxidation sites excluding steroid dienone is 4. The van der Waals surface area contributed by atoms with Crippen LogP contribution in [0.4, 0.5) is 0 Å². The summed E-state index contributed by atoms with van der Waals surface area (Å²) in [4.78, 5) is 40.2. The Kier molecular flexibility index (Phi) is 6.80. The minimum atomic E-state index is -0.742. The molecule has 7 nitrogen and oxygen atoms in total.